The molecule has 40 heavy (non-hydrogen) atoms. The second kappa shape index (κ2) is 10.2. The number of carbonyl (C=O) groups is 1. The first-order chi connectivity index (χ1) is 19.2. The predicted octanol–water partition coefficient (Wildman–Crippen LogP) is 3.88. The molecule has 206 valence electrons. The third kappa shape index (κ3) is 4.57. The third-order valence-corrected chi connectivity index (χ3v) is 9.55. The lowest BCUT2D eigenvalue weighted by atomic mass is 9.91. The maximum atomic E-state index is 14.3. The van der Waals surface area contributed by atoms with Crippen molar-refractivity contribution in [3.63, 3.8) is 0 Å². The molecule has 1 N–H and O–H groups in total. The largest absolute Gasteiger partial charge is 0.314 e. The molecule has 0 bridgehead atoms. The smallest absolute Gasteiger partial charge is 0.260 e. The maximum absolute atomic E-state index is 14.3. The minimum Gasteiger partial charge on any atom is -0.314 e. The average molecular weight is 601 g/mol. The van der Waals surface area contributed by atoms with Gasteiger partial charge in [0.1, 0.15) is 11.9 Å². The number of nitrogens with zero attached hydrogens (tertiary/aromatic N) is 6. The van der Waals surface area contributed by atoms with Gasteiger partial charge in [-0.05, 0) is 36.2 Å². The first-order valence-corrected chi connectivity index (χ1v) is 14.8. The topological polar surface area (TPSA) is 113 Å². The Balaban J connectivity index is 1.45. The standard InChI is InChI=1S/C27H25Cl2N7O3S/c1-27(13-18-2-4-19(5-3-18)20-14-31-17-32-15-20)25(37)35(23-11-21(28)10-22(29)12-23)26-33-16-24(36(26)27)40(38,39)34-8-6-30-7-9-34/h2-5,10-12,14-17,30H,6-9,13H2,1H3/t27-/m1/s1/i17+2. The van der Waals surface area contributed by atoms with Crippen molar-refractivity contribution in [3.05, 3.63) is 83.0 Å². The molecule has 0 spiro atoms. The number of benzene rings is 2. The quantitative estimate of drug-likeness (QED) is 0.358. The van der Waals surface area contributed by atoms with Crippen LogP contribution in [0.5, 0.6) is 0 Å². The van der Waals surface area contributed by atoms with Crippen LogP contribution in [0.25, 0.3) is 11.1 Å². The van der Waals surface area contributed by atoms with Gasteiger partial charge in [0.15, 0.2) is 5.03 Å². The van der Waals surface area contributed by atoms with E-state index in [-0.39, 0.29) is 23.3 Å². The number of hydrogen-bond donors (Lipinski definition) is 1. The van der Waals surface area contributed by atoms with Gasteiger partial charge in [0.25, 0.3) is 15.9 Å². The number of amides is 1. The van der Waals surface area contributed by atoms with Gasteiger partial charge in [-0.1, -0.05) is 47.5 Å². The van der Waals surface area contributed by atoms with Crippen molar-refractivity contribution in [1.29, 1.82) is 0 Å². The summed E-state index contributed by atoms with van der Waals surface area (Å²) in [7, 11) is -3.95. The summed E-state index contributed by atoms with van der Waals surface area (Å²) < 4.78 is 30.7. The fourth-order valence-corrected chi connectivity index (χ4v) is 7.43. The summed E-state index contributed by atoms with van der Waals surface area (Å²) in [6.45, 7) is 3.48. The SMILES string of the molecule is C[C@@]1(Cc2ccc(-c3cn[14cH]nc3)cc2)C(=O)N(c2cc(Cl)cc(Cl)c2)c2ncc(S(=O)(=O)N3CCNCC3)n21. The highest BCUT2D eigenvalue weighted by Crippen LogP contribution is 2.45. The Labute approximate surface area is 241 Å². The van der Waals surface area contributed by atoms with Gasteiger partial charge in [-0.3, -0.25) is 9.36 Å². The fraction of sp³-hybridized carbons (Fsp3) is 0.259. The number of anilines is 2. The molecular formula is C27H25Cl2N7O3S. The Bertz CT molecular complexity index is 1670. The first-order valence-electron chi connectivity index (χ1n) is 12.6. The summed E-state index contributed by atoms with van der Waals surface area (Å²) >= 11 is 12.6. The molecule has 2 aromatic heterocycles. The van der Waals surface area contributed by atoms with Crippen LogP contribution in [0.4, 0.5) is 11.6 Å². The van der Waals surface area contributed by atoms with Crippen LogP contribution in [0, 0.1) is 0 Å². The lowest BCUT2D eigenvalue weighted by molar-refractivity contribution is -0.124. The van der Waals surface area contributed by atoms with Gasteiger partial charge in [0.05, 0.1) is 11.9 Å². The van der Waals surface area contributed by atoms with E-state index in [0.29, 0.717) is 41.9 Å². The van der Waals surface area contributed by atoms with Crippen LogP contribution in [-0.2, 0) is 26.8 Å². The van der Waals surface area contributed by atoms with Crippen molar-refractivity contribution in [2.24, 2.45) is 0 Å². The van der Waals surface area contributed by atoms with E-state index in [1.807, 2.05) is 24.3 Å². The van der Waals surface area contributed by atoms with Crippen LogP contribution in [0.2, 0.25) is 10.0 Å². The van der Waals surface area contributed by atoms with Crippen LogP contribution < -0.4 is 10.2 Å². The zero-order valence-electron chi connectivity index (χ0n) is 21.5. The van der Waals surface area contributed by atoms with Crippen LogP contribution in [-0.4, -0.2) is 64.3 Å². The Morgan fingerprint density at radius 2 is 1.62 bits per heavy atom. The molecule has 1 amide bonds. The molecule has 6 rings (SSSR count). The summed E-state index contributed by atoms with van der Waals surface area (Å²) in [6, 6.07) is 12.5. The Morgan fingerprint density at radius 1 is 0.975 bits per heavy atom. The molecule has 4 heterocycles. The predicted molar refractivity (Wildman–Crippen MR) is 152 cm³/mol. The van der Waals surface area contributed by atoms with Crippen molar-refractivity contribution in [1.82, 2.24) is 29.1 Å². The summed E-state index contributed by atoms with van der Waals surface area (Å²) in [5.74, 6) is -0.149. The molecule has 1 saturated heterocycles. The summed E-state index contributed by atoms with van der Waals surface area (Å²) in [5.41, 5.74) is 1.72. The highest BCUT2D eigenvalue weighted by Gasteiger charge is 2.52. The van der Waals surface area contributed by atoms with Crippen molar-refractivity contribution >= 4 is 50.8 Å². The second-order valence-corrected chi connectivity index (χ2v) is 12.7. The molecular weight excluding hydrogens is 575 g/mol. The molecule has 2 aliphatic rings. The lowest BCUT2D eigenvalue weighted by Crippen LogP contribution is -2.48. The van der Waals surface area contributed by atoms with Crippen molar-refractivity contribution < 1.29 is 13.2 Å². The van der Waals surface area contributed by atoms with Crippen molar-refractivity contribution in [3.8, 4) is 11.1 Å². The molecule has 0 aliphatic carbocycles. The Kier molecular flexibility index (Phi) is 6.87. The van der Waals surface area contributed by atoms with Gasteiger partial charge in [0, 0.05) is 60.6 Å². The monoisotopic (exact) mass is 599 g/mol. The van der Waals surface area contributed by atoms with E-state index in [1.54, 1.807) is 42.1 Å². The van der Waals surface area contributed by atoms with Gasteiger partial charge >= 0.3 is 0 Å². The number of piperazine rings is 1. The first kappa shape index (κ1) is 26.9. The molecule has 13 heteroatoms. The molecule has 4 aromatic rings. The molecule has 1 atom stereocenters. The molecule has 0 unspecified atom stereocenters. The average Bonchev–Trinajstić information content (AvgIpc) is 3.48. The van der Waals surface area contributed by atoms with E-state index >= 15 is 0 Å². The zero-order valence-corrected chi connectivity index (χ0v) is 23.8. The number of aromatic nitrogens is 4. The van der Waals surface area contributed by atoms with E-state index in [9.17, 15) is 13.2 Å². The number of sulfonamides is 1. The molecule has 0 saturated carbocycles. The number of rotatable bonds is 6. The van der Waals surface area contributed by atoms with Crippen LogP contribution in [0.3, 0.4) is 0 Å². The van der Waals surface area contributed by atoms with Gasteiger partial charge < -0.3 is 5.32 Å². The van der Waals surface area contributed by atoms with Crippen LogP contribution in [0.1, 0.15) is 12.5 Å². The number of fused-ring (bicyclic) bond motifs is 1. The van der Waals surface area contributed by atoms with Gasteiger partial charge in [-0.15, -0.1) is 0 Å². The summed E-state index contributed by atoms with van der Waals surface area (Å²) in [4.78, 5) is 28.3. The van der Waals surface area contributed by atoms with Gasteiger partial charge in [-0.2, -0.15) is 4.31 Å². The van der Waals surface area contributed by atoms with E-state index < -0.39 is 15.6 Å². The Hall–Kier alpha value is -3.35. The third-order valence-electron chi connectivity index (χ3n) is 7.25. The minimum atomic E-state index is -3.95. The molecule has 1 fully saturated rings. The number of imidazole rings is 1. The van der Waals surface area contributed by atoms with E-state index in [4.69, 9.17) is 23.2 Å². The zero-order chi connectivity index (χ0) is 28.1. The van der Waals surface area contributed by atoms with Gasteiger partial charge in [0.2, 0.25) is 5.95 Å². The maximum Gasteiger partial charge on any atom is 0.260 e. The lowest BCUT2D eigenvalue weighted by Gasteiger charge is -2.30. The fourth-order valence-electron chi connectivity index (χ4n) is 5.29. The number of hydrogen-bond acceptors (Lipinski definition) is 7. The molecule has 2 aromatic carbocycles. The normalized spacial score (nSPS) is 19.7. The van der Waals surface area contributed by atoms with Crippen molar-refractivity contribution in [2.45, 2.75) is 23.9 Å². The van der Waals surface area contributed by atoms with E-state index in [1.165, 1.54) is 21.7 Å². The van der Waals surface area contributed by atoms with E-state index in [2.05, 4.69) is 20.3 Å². The Morgan fingerprint density at radius 3 is 2.27 bits per heavy atom. The van der Waals surface area contributed by atoms with Crippen LogP contribution in [0.15, 0.2) is 72.4 Å². The van der Waals surface area contributed by atoms with Gasteiger partial charge in [-0.25, -0.2) is 28.3 Å². The minimum absolute atomic E-state index is 0.0334. The van der Waals surface area contributed by atoms with Crippen molar-refractivity contribution in [2.75, 3.05) is 31.1 Å². The van der Waals surface area contributed by atoms with E-state index in [0.717, 1.165) is 16.7 Å². The number of halogens is 2. The molecule has 2 aliphatic heterocycles. The second-order valence-electron chi connectivity index (χ2n) is 9.93. The highest BCUT2D eigenvalue weighted by atomic mass is 35.5. The summed E-state index contributed by atoms with van der Waals surface area (Å²) in [5, 5.41) is 3.83. The molecule has 10 nitrogen and oxygen atoms in total. The summed E-state index contributed by atoms with van der Waals surface area (Å²) in [6.07, 6.45) is 6.47. The number of carbonyl (C=O) groups excluding carboxylic acids is 1. The highest BCUT2D eigenvalue weighted by molar-refractivity contribution is 7.89. The van der Waals surface area contributed by atoms with Crippen LogP contribution >= 0.6 is 23.2 Å². The number of nitrogens with one attached hydrogen (secondary N) is 1. The molecule has 0 radical (unpaired) electrons.